The molecule has 1 aromatic heterocycles. The predicted molar refractivity (Wildman–Crippen MR) is 72.8 cm³/mol. The molecule has 0 atom stereocenters. The summed E-state index contributed by atoms with van der Waals surface area (Å²) in [5.41, 5.74) is 3.14. The highest BCUT2D eigenvalue weighted by molar-refractivity contribution is 5.88. The van der Waals surface area contributed by atoms with Crippen LogP contribution in [-0.4, -0.2) is 20.9 Å². The van der Waals surface area contributed by atoms with Crippen LogP contribution < -0.4 is 0 Å². The maximum absolute atomic E-state index is 11.0. The molecule has 0 bridgehead atoms. The fourth-order valence-corrected chi connectivity index (χ4v) is 2.13. The van der Waals surface area contributed by atoms with E-state index in [1.165, 1.54) is 5.56 Å². The zero-order valence-corrected chi connectivity index (χ0v) is 10.4. The van der Waals surface area contributed by atoms with Crippen LogP contribution in [0.5, 0.6) is 0 Å². The summed E-state index contributed by atoms with van der Waals surface area (Å²) in [5, 5.41) is 14.4. The maximum atomic E-state index is 11.0. The standard InChI is InChI=1S/C15H12N2O2/c1-10-5-6-14-12(7-10)9-16-17(14)13-4-2-3-11(8-13)15(18)19/h2-9H,1H3,(H,18,19). The largest absolute Gasteiger partial charge is 0.478 e. The van der Waals surface area contributed by atoms with E-state index < -0.39 is 5.97 Å². The Balaban J connectivity index is 2.19. The van der Waals surface area contributed by atoms with E-state index in [0.29, 0.717) is 0 Å². The van der Waals surface area contributed by atoms with Crippen LogP contribution in [0.2, 0.25) is 0 Å². The van der Waals surface area contributed by atoms with E-state index in [9.17, 15) is 4.79 Å². The van der Waals surface area contributed by atoms with E-state index in [1.54, 1.807) is 29.1 Å². The minimum atomic E-state index is -0.936. The Kier molecular flexibility index (Phi) is 2.56. The number of benzene rings is 2. The van der Waals surface area contributed by atoms with Crippen molar-refractivity contribution in [3.8, 4) is 5.69 Å². The molecule has 0 spiro atoms. The molecule has 94 valence electrons. The van der Waals surface area contributed by atoms with Gasteiger partial charge in [0.2, 0.25) is 0 Å². The van der Waals surface area contributed by atoms with E-state index in [4.69, 9.17) is 5.11 Å². The predicted octanol–water partition coefficient (Wildman–Crippen LogP) is 3.03. The second-order valence-electron chi connectivity index (χ2n) is 4.47. The monoisotopic (exact) mass is 252 g/mol. The van der Waals surface area contributed by atoms with Crippen LogP contribution in [0.15, 0.2) is 48.7 Å². The Labute approximate surface area is 109 Å². The molecule has 0 aliphatic rings. The first kappa shape index (κ1) is 11.5. The Morgan fingerprint density at radius 2 is 2.05 bits per heavy atom. The third-order valence-electron chi connectivity index (χ3n) is 3.06. The minimum Gasteiger partial charge on any atom is -0.478 e. The lowest BCUT2D eigenvalue weighted by atomic mass is 10.1. The SMILES string of the molecule is Cc1ccc2c(cnn2-c2cccc(C(=O)O)c2)c1. The van der Waals surface area contributed by atoms with Gasteiger partial charge in [-0.15, -0.1) is 0 Å². The third-order valence-corrected chi connectivity index (χ3v) is 3.06. The smallest absolute Gasteiger partial charge is 0.335 e. The summed E-state index contributed by atoms with van der Waals surface area (Å²) in [6.07, 6.45) is 1.79. The van der Waals surface area contributed by atoms with Gasteiger partial charge in [-0.2, -0.15) is 5.10 Å². The second kappa shape index (κ2) is 4.24. The van der Waals surface area contributed by atoms with Gasteiger partial charge in [-0.05, 0) is 37.3 Å². The number of rotatable bonds is 2. The normalized spacial score (nSPS) is 10.8. The summed E-state index contributed by atoms with van der Waals surface area (Å²) in [5.74, 6) is -0.936. The molecule has 3 rings (SSSR count). The molecule has 19 heavy (non-hydrogen) atoms. The number of carbonyl (C=O) groups is 1. The second-order valence-corrected chi connectivity index (χ2v) is 4.47. The first-order chi connectivity index (χ1) is 9.15. The van der Waals surface area contributed by atoms with E-state index in [2.05, 4.69) is 11.2 Å². The minimum absolute atomic E-state index is 0.258. The van der Waals surface area contributed by atoms with Gasteiger partial charge in [0.1, 0.15) is 0 Å². The van der Waals surface area contributed by atoms with E-state index in [1.807, 2.05) is 25.1 Å². The van der Waals surface area contributed by atoms with Crippen molar-refractivity contribution < 1.29 is 9.90 Å². The molecular formula is C15H12N2O2. The number of aromatic carboxylic acids is 1. The van der Waals surface area contributed by atoms with Crippen molar-refractivity contribution in [2.45, 2.75) is 6.92 Å². The molecule has 1 N–H and O–H groups in total. The van der Waals surface area contributed by atoms with Gasteiger partial charge in [-0.3, -0.25) is 0 Å². The van der Waals surface area contributed by atoms with Gasteiger partial charge in [-0.25, -0.2) is 9.48 Å². The van der Waals surface area contributed by atoms with E-state index >= 15 is 0 Å². The van der Waals surface area contributed by atoms with Crippen LogP contribution in [-0.2, 0) is 0 Å². The van der Waals surface area contributed by atoms with Gasteiger partial charge < -0.3 is 5.11 Å². The molecule has 4 nitrogen and oxygen atoms in total. The van der Waals surface area contributed by atoms with Crippen LogP contribution in [0.4, 0.5) is 0 Å². The van der Waals surface area contributed by atoms with Gasteiger partial charge in [0.25, 0.3) is 0 Å². The molecule has 0 aliphatic carbocycles. The maximum Gasteiger partial charge on any atom is 0.335 e. The van der Waals surface area contributed by atoms with Crippen LogP contribution >= 0.6 is 0 Å². The van der Waals surface area contributed by atoms with Crippen molar-refractivity contribution in [1.29, 1.82) is 0 Å². The summed E-state index contributed by atoms with van der Waals surface area (Å²) in [7, 11) is 0. The molecule has 0 saturated heterocycles. The van der Waals surface area contributed by atoms with Crippen molar-refractivity contribution in [2.24, 2.45) is 0 Å². The molecule has 0 amide bonds. The van der Waals surface area contributed by atoms with Crippen LogP contribution in [0.3, 0.4) is 0 Å². The van der Waals surface area contributed by atoms with Crippen molar-refractivity contribution >= 4 is 16.9 Å². The highest BCUT2D eigenvalue weighted by atomic mass is 16.4. The third kappa shape index (κ3) is 1.97. The first-order valence-electron chi connectivity index (χ1n) is 5.93. The highest BCUT2D eigenvalue weighted by Crippen LogP contribution is 2.20. The zero-order chi connectivity index (χ0) is 13.4. The summed E-state index contributed by atoms with van der Waals surface area (Å²) in [6.45, 7) is 2.03. The molecule has 3 aromatic rings. The fourth-order valence-electron chi connectivity index (χ4n) is 2.13. The Morgan fingerprint density at radius 1 is 1.21 bits per heavy atom. The van der Waals surface area contributed by atoms with Crippen molar-refractivity contribution in [3.63, 3.8) is 0 Å². The van der Waals surface area contributed by atoms with Gasteiger partial charge in [0, 0.05) is 5.39 Å². The highest BCUT2D eigenvalue weighted by Gasteiger charge is 2.08. The molecule has 0 unspecified atom stereocenters. The number of fused-ring (bicyclic) bond motifs is 1. The number of carboxylic acids is 1. The molecule has 0 radical (unpaired) electrons. The van der Waals surface area contributed by atoms with Gasteiger partial charge in [0.15, 0.2) is 0 Å². The number of nitrogens with zero attached hydrogens (tertiary/aromatic N) is 2. The topological polar surface area (TPSA) is 55.1 Å². The lowest BCUT2D eigenvalue weighted by Gasteiger charge is -2.04. The Morgan fingerprint density at radius 3 is 2.84 bits per heavy atom. The lowest BCUT2D eigenvalue weighted by Crippen LogP contribution is -2.00. The van der Waals surface area contributed by atoms with Gasteiger partial charge in [0.05, 0.1) is 23.0 Å². The van der Waals surface area contributed by atoms with Gasteiger partial charge in [-0.1, -0.05) is 17.7 Å². The molecule has 4 heteroatoms. The fraction of sp³-hybridized carbons (Fsp3) is 0.0667. The molecule has 0 fully saturated rings. The number of aromatic nitrogens is 2. The average molecular weight is 252 g/mol. The molecule has 2 aromatic carbocycles. The van der Waals surface area contributed by atoms with E-state index in [-0.39, 0.29) is 5.56 Å². The summed E-state index contributed by atoms with van der Waals surface area (Å²) in [6, 6.07) is 12.8. The Hall–Kier alpha value is -2.62. The summed E-state index contributed by atoms with van der Waals surface area (Å²) < 4.78 is 1.75. The average Bonchev–Trinajstić information content (AvgIpc) is 2.81. The molecular weight excluding hydrogens is 240 g/mol. The lowest BCUT2D eigenvalue weighted by molar-refractivity contribution is 0.0697. The number of hydrogen-bond acceptors (Lipinski definition) is 2. The number of hydrogen-bond donors (Lipinski definition) is 1. The molecule has 0 saturated carbocycles. The Bertz CT molecular complexity index is 775. The summed E-state index contributed by atoms with van der Waals surface area (Å²) in [4.78, 5) is 11.0. The van der Waals surface area contributed by atoms with Gasteiger partial charge >= 0.3 is 5.97 Å². The molecule has 1 heterocycles. The van der Waals surface area contributed by atoms with Crippen LogP contribution in [0, 0.1) is 6.92 Å². The quantitative estimate of drug-likeness (QED) is 0.762. The first-order valence-corrected chi connectivity index (χ1v) is 5.93. The number of carboxylic acid groups (broad SMARTS) is 1. The van der Waals surface area contributed by atoms with Crippen molar-refractivity contribution in [1.82, 2.24) is 9.78 Å². The van der Waals surface area contributed by atoms with Crippen LogP contribution in [0.25, 0.3) is 16.6 Å². The van der Waals surface area contributed by atoms with Crippen LogP contribution in [0.1, 0.15) is 15.9 Å². The molecule has 0 aliphatic heterocycles. The zero-order valence-electron chi connectivity index (χ0n) is 10.4. The van der Waals surface area contributed by atoms with E-state index in [0.717, 1.165) is 16.6 Å². The summed E-state index contributed by atoms with van der Waals surface area (Å²) >= 11 is 0. The van der Waals surface area contributed by atoms with Crippen molar-refractivity contribution in [3.05, 3.63) is 59.8 Å². The van der Waals surface area contributed by atoms with Crippen molar-refractivity contribution in [2.75, 3.05) is 0 Å². The number of aryl methyl sites for hydroxylation is 1.